The molecule has 0 bridgehead atoms. The third kappa shape index (κ3) is 4.36. The molecule has 0 radical (unpaired) electrons. The summed E-state index contributed by atoms with van der Waals surface area (Å²) in [5.41, 5.74) is 0.575. The van der Waals surface area contributed by atoms with Gasteiger partial charge in [-0.05, 0) is 23.8 Å². The van der Waals surface area contributed by atoms with Crippen LogP contribution in [0.2, 0.25) is 0 Å². The van der Waals surface area contributed by atoms with Gasteiger partial charge in [0.15, 0.2) is 0 Å². The van der Waals surface area contributed by atoms with Gasteiger partial charge < -0.3 is 10.4 Å². The van der Waals surface area contributed by atoms with Gasteiger partial charge in [-0.25, -0.2) is 4.98 Å². The van der Waals surface area contributed by atoms with Crippen molar-refractivity contribution in [2.24, 2.45) is 5.92 Å². The number of H-pyrrole nitrogens is 1. The quantitative estimate of drug-likeness (QED) is 0.767. The van der Waals surface area contributed by atoms with Crippen LogP contribution < -0.4 is 5.56 Å². The van der Waals surface area contributed by atoms with E-state index in [1.54, 1.807) is 17.5 Å². The second-order valence-corrected chi connectivity index (χ2v) is 6.44. The Hall–Kier alpha value is -1.75. The molecule has 1 unspecified atom stereocenters. The molecule has 0 aliphatic rings. The van der Waals surface area contributed by atoms with Gasteiger partial charge in [0.2, 0.25) is 0 Å². The van der Waals surface area contributed by atoms with Gasteiger partial charge in [-0.1, -0.05) is 32.8 Å². The maximum Gasteiger partial charge on any atom is 0.259 e. The third-order valence-corrected chi connectivity index (χ3v) is 4.31. The molecule has 1 atom stereocenters. The fourth-order valence-corrected chi connectivity index (χ4v) is 3.08. The van der Waals surface area contributed by atoms with Crippen LogP contribution in [0.1, 0.15) is 49.4 Å². The van der Waals surface area contributed by atoms with Crippen molar-refractivity contribution < 1.29 is 0 Å². The lowest BCUT2D eigenvalue weighted by Gasteiger charge is -2.10. The monoisotopic (exact) mass is 303 g/mol. The fraction of sp³-hybridized carbons (Fsp3) is 0.438. The summed E-state index contributed by atoms with van der Waals surface area (Å²) >= 11 is 1.64. The molecule has 0 aliphatic carbocycles. The van der Waals surface area contributed by atoms with Crippen molar-refractivity contribution in [3.8, 4) is 0 Å². The van der Waals surface area contributed by atoms with Crippen molar-refractivity contribution in [2.75, 3.05) is 0 Å². The second-order valence-electron chi connectivity index (χ2n) is 5.41. The first kappa shape index (κ1) is 15.6. The zero-order valence-electron chi connectivity index (χ0n) is 12.5. The first-order chi connectivity index (χ1) is 10.1. The molecule has 5 heteroatoms. The Labute approximate surface area is 128 Å². The number of aromatic nitrogens is 2. The van der Waals surface area contributed by atoms with Crippen molar-refractivity contribution in [2.45, 2.75) is 39.5 Å². The highest BCUT2D eigenvalue weighted by Gasteiger charge is 2.12. The Morgan fingerprint density at radius 3 is 2.95 bits per heavy atom. The van der Waals surface area contributed by atoms with Crippen molar-refractivity contribution in [1.82, 2.24) is 9.97 Å². The van der Waals surface area contributed by atoms with E-state index in [2.05, 4.69) is 23.8 Å². The molecule has 0 aromatic carbocycles. The molecule has 4 nitrogen and oxygen atoms in total. The normalized spacial score (nSPS) is 12.3. The van der Waals surface area contributed by atoms with Crippen LogP contribution >= 0.6 is 11.3 Å². The van der Waals surface area contributed by atoms with E-state index in [-0.39, 0.29) is 5.56 Å². The van der Waals surface area contributed by atoms with E-state index >= 15 is 0 Å². The maximum absolute atomic E-state index is 12.1. The van der Waals surface area contributed by atoms with Crippen LogP contribution in [0.15, 0.2) is 28.5 Å². The molecule has 0 saturated carbocycles. The van der Waals surface area contributed by atoms with Gasteiger partial charge in [-0.3, -0.25) is 4.79 Å². The first-order valence-electron chi connectivity index (χ1n) is 7.28. The SMILES string of the molecule is CCCC(C)CC(=N)c1cnc(Cc2cccs2)[nH]c1=O. The zero-order chi connectivity index (χ0) is 15.2. The summed E-state index contributed by atoms with van der Waals surface area (Å²) in [7, 11) is 0. The van der Waals surface area contributed by atoms with Gasteiger partial charge in [0.1, 0.15) is 5.82 Å². The number of thiophene rings is 1. The average Bonchev–Trinajstić information content (AvgIpc) is 2.91. The standard InChI is InChI=1S/C16H21N3OS/c1-3-5-11(2)8-14(17)13-10-18-15(19-16(13)20)9-12-6-4-7-21-12/h4,6-7,10-11,17H,3,5,8-9H2,1-2H3,(H,18,19,20). The van der Waals surface area contributed by atoms with Gasteiger partial charge in [-0.2, -0.15) is 0 Å². The highest BCUT2D eigenvalue weighted by atomic mass is 32.1. The molecule has 2 N–H and O–H groups in total. The van der Waals surface area contributed by atoms with Gasteiger partial charge in [-0.15, -0.1) is 11.3 Å². The Morgan fingerprint density at radius 2 is 2.33 bits per heavy atom. The lowest BCUT2D eigenvalue weighted by molar-refractivity contribution is 0.544. The highest BCUT2D eigenvalue weighted by molar-refractivity contribution is 7.09. The number of aromatic amines is 1. The first-order valence-corrected chi connectivity index (χ1v) is 8.16. The molecule has 0 aliphatic heterocycles. The smallest absolute Gasteiger partial charge is 0.259 e. The number of nitrogens with one attached hydrogen (secondary N) is 2. The number of hydrogen-bond donors (Lipinski definition) is 2. The molecule has 0 saturated heterocycles. The topological polar surface area (TPSA) is 69.6 Å². The lowest BCUT2D eigenvalue weighted by Crippen LogP contribution is -2.21. The molecule has 2 aromatic rings. The molecule has 2 heterocycles. The molecule has 112 valence electrons. The summed E-state index contributed by atoms with van der Waals surface area (Å²) in [5.74, 6) is 1.08. The molecule has 2 rings (SSSR count). The summed E-state index contributed by atoms with van der Waals surface area (Å²) in [4.78, 5) is 20.4. The minimum absolute atomic E-state index is 0.203. The summed E-state index contributed by atoms with van der Waals surface area (Å²) in [6.45, 7) is 4.25. The summed E-state index contributed by atoms with van der Waals surface area (Å²) in [5, 5.41) is 10.1. The van der Waals surface area contributed by atoms with Crippen molar-refractivity contribution in [3.05, 3.63) is 50.3 Å². The van der Waals surface area contributed by atoms with E-state index in [4.69, 9.17) is 5.41 Å². The predicted octanol–water partition coefficient (Wildman–Crippen LogP) is 3.62. The van der Waals surface area contributed by atoms with Gasteiger partial charge in [0.25, 0.3) is 5.56 Å². The van der Waals surface area contributed by atoms with Crippen LogP contribution in [0.4, 0.5) is 0 Å². The lowest BCUT2D eigenvalue weighted by atomic mass is 9.97. The van der Waals surface area contributed by atoms with E-state index < -0.39 is 0 Å². The van der Waals surface area contributed by atoms with Crippen LogP contribution in [0.3, 0.4) is 0 Å². The molecular formula is C16H21N3OS. The summed E-state index contributed by atoms with van der Waals surface area (Å²) in [6.07, 6.45) is 4.98. The molecular weight excluding hydrogens is 282 g/mol. The number of nitrogens with zero attached hydrogens (tertiary/aromatic N) is 1. The Morgan fingerprint density at radius 1 is 1.52 bits per heavy atom. The summed E-state index contributed by atoms with van der Waals surface area (Å²) < 4.78 is 0. The number of rotatable bonds is 7. The van der Waals surface area contributed by atoms with E-state index in [9.17, 15) is 4.79 Å². The molecule has 2 aromatic heterocycles. The highest BCUT2D eigenvalue weighted by Crippen LogP contribution is 2.14. The maximum atomic E-state index is 12.1. The largest absolute Gasteiger partial charge is 0.310 e. The minimum atomic E-state index is -0.203. The van der Waals surface area contributed by atoms with Gasteiger partial charge in [0, 0.05) is 23.2 Å². The number of hydrogen-bond acceptors (Lipinski definition) is 4. The molecule has 0 fully saturated rings. The van der Waals surface area contributed by atoms with E-state index in [1.807, 2.05) is 17.5 Å². The van der Waals surface area contributed by atoms with E-state index in [1.165, 1.54) is 0 Å². The van der Waals surface area contributed by atoms with Crippen molar-refractivity contribution in [1.29, 1.82) is 5.41 Å². The van der Waals surface area contributed by atoms with Crippen LogP contribution in [0, 0.1) is 11.3 Å². The predicted molar refractivity (Wildman–Crippen MR) is 87.5 cm³/mol. The Balaban J connectivity index is 2.08. The molecule has 21 heavy (non-hydrogen) atoms. The Kier molecular flexibility index (Phi) is 5.44. The zero-order valence-corrected chi connectivity index (χ0v) is 13.3. The van der Waals surface area contributed by atoms with Crippen LogP contribution in [0.25, 0.3) is 0 Å². The van der Waals surface area contributed by atoms with Crippen molar-refractivity contribution >= 4 is 17.0 Å². The summed E-state index contributed by atoms with van der Waals surface area (Å²) in [6, 6.07) is 4.00. The van der Waals surface area contributed by atoms with Crippen molar-refractivity contribution in [3.63, 3.8) is 0 Å². The van der Waals surface area contributed by atoms with Gasteiger partial charge >= 0.3 is 0 Å². The fourth-order valence-electron chi connectivity index (χ4n) is 2.37. The van der Waals surface area contributed by atoms with Crippen LogP contribution in [-0.4, -0.2) is 15.7 Å². The Bertz CT molecular complexity index is 646. The molecule has 0 amide bonds. The molecule has 0 spiro atoms. The van der Waals surface area contributed by atoms with Gasteiger partial charge in [0.05, 0.1) is 5.56 Å². The van der Waals surface area contributed by atoms with E-state index in [0.29, 0.717) is 35.9 Å². The third-order valence-electron chi connectivity index (χ3n) is 3.43. The second kappa shape index (κ2) is 7.31. The van der Waals surface area contributed by atoms with Crippen LogP contribution in [0.5, 0.6) is 0 Å². The van der Waals surface area contributed by atoms with Crippen LogP contribution in [-0.2, 0) is 6.42 Å². The average molecular weight is 303 g/mol. The van der Waals surface area contributed by atoms with E-state index in [0.717, 1.165) is 17.7 Å². The minimum Gasteiger partial charge on any atom is -0.310 e.